The van der Waals surface area contributed by atoms with E-state index in [-0.39, 0.29) is 43.8 Å². The molecule has 11 heteroatoms. The van der Waals surface area contributed by atoms with Gasteiger partial charge in [-0.15, -0.1) is 0 Å². The molecule has 0 aliphatic rings. The Hall–Kier alpha value is -2.15. The average molecular weight is 966 g/mol. The molecule has 0 radical (unpaired) electrons. The third-order valence-electron chi connectivity index (χ3n) is 12.1. The molecule has 0 aromatic rings. The molecule has 68 heavy (non-hydrogen) atoms. The number of nitrogens with zero attached hydrogens (tertiary/aromatic N) is 1. The van der Waals surface area contributed by atoms with Crippen LogP contribution < -0.4 is 0 Å². The molecule has 0 bridgehead atoms. The summed E-state index contributed by atoms with van der Waals surface area (Å²) in [6, 6.07) is 0. The normalized spacial score (nSPS) is 12.3. The lowest BCUT2D eigenvalue weighted by molar-refractivity contribution is -0.184. The number of aliphatic hydroxyl groups excluding tert-OH is 1. The summed E-state index contributed by atoms with van der Waals surface area (Å²) >= 11 is 0. The van der Waals surface area contributed by atoms with Crippen molar-refractivity contribution in [3.05, 3.63) is 24.3 Å². The molecule has 1 N–H and O–H groups in total. The fraction of sp³-hybridized carbons (Fsp3) is 0.877. The number of Topliss-reactive ketones (excluding diaryl/α,β-unsaturated/α-hetero) is 1. The van der Waals surface area contributed by atoms with Crippen molar-refractivity contribution >= 4 is 17.7 Å². The number of hydrogen-bond acceptors (Lipinski definition) is 11. The summed E-state index contributed by atoms with van der Waals surface area (Å²) in [4.78, 5) is 40.1. The highest BCUT2D eigenvalue weighted by molar-refractivity contribution is 5.79. The number of ketones is 1. The summed E-state index contributed by atoms with van der Waals surface area (Å²) < 4.78 is 35.0. The number of aliphatic hydroxyl groups is 1. The molecule has 0 aliphatic heterocycles. The van der Waals surface area contributed by atoms with Crippen LogP contribution in [-0.4, -0.2) is 106 Å². The van der Waals surface area contributed by atoms with Crippen molar-refractivity contribution < 1.29 is 47.9 Å². The van der Waals surface area contributed by atoms with Crippen LogP contribution in [0.4, 0.5) is 0 Å². The highest BCUT2D eigenvalue weighted by Gasteiger charge is 2.16. The van der Waals surface area contributed by atoms with Gasteiger partial charge in [-0.2, -0.15) is 0 Å². The van der Waals surface area contributed by atoms with E-state index in [1.807, 2.05) is 0 Å². The predicted molar refractivity (Wildman–Crippen MR) is 280 cm³/mol. The predicted octanol–water partition coefficient (Wildman–Crippen LogP) is 14.1. The monoisotopic (exact) mass is 966 g/mol. The zero-order valence-corrected chi connectivity index (χ0v) is 44.6. The van der Waals surface area contributed by atoms with E-state index in [2.05, 4.69) is 56.9 Å². The summed E-state index contributed by atoms with van der Waals surface area (Å²) in [5, 5.41) is 9.48. The topological polar surface area (TPSA) is 130 Å². The minimum absolute atomic E-state index is 0.00694. The van der Waals surface area contributed by atoms with Gasteiger partial charge >= 0.3 is 11.9 Å². The van der Waals surface area contributed by atoms with Crippen LogP contribution in [0.1, 0.15) is 246 Å². The van der Waals surface area contributed by atoms with Crippen LogP contribution in [0.2, 0.25) is 0 Å². The van der Waals surface area contributed by atoms with E-state index >= 15 is 0 Å². The minimum Gasteiger partial charge on any atom is -0.466 e. The van der Waals surface area contributed by atoms with Crippen molar-refractivity contribution in [2.24, 2.45) is 0 Å². The minimum atomic E-state index is -0.718. The quantitative estimate of drug-likeness (QED) is 0.0271. The van der Waals surface area contributed by atoms with Gasteiger partial charge in [-0.25, -0.2) is 0 Å². The van der Waals surface area contributed by atoms with Crippen LogP contribution >= 0.6 is 0 Å². The molecule has 400 valence electrons. The second-order valence-electron chi connectivity index (χ2n) is 18.7. The van der Waals surface area contributed by atoms with Crippen molar-refractivity contribution in [1.82, 2.24) is 4.90 Å². The number of allylic oxidation sites excluding steroid dienone is 4. The second-order valence-corrected chi connectivity index (χ2v) is 18.7. The molecule has 0 saturated carbocycles. The molecule has 1 atom stereocenters. The van der Waals surface area contributed by atoms with Gasteiger partial charge in [0.05, 0.1) is 13.0 Å². The fourth-order valence-corrected chi connectivity index (χ4v) is 7.83. The first-order valence-corrected chi connectivity index (χ1v) is 28.3. The zero-order chi connectivity index (χ0) is 49.6. The van der Waals surface area contributed by atoms with Crippen molar-refractivity contribution in [3.8, 4) is 0 Å². The molecule has 0 aromatic carbocycles. The Labute approximate surface area is 418 Å². The van der Waals surface area contributed by atoms with Gasteiger partial charge in [0.15, 0.2) is 18.4 Å². The first kappa shape index (κ1) is 65.8. The van der Waals surface area contributed by atoms with Gasteiger partial charge in [-0.05, 0) is 109 Å². The summed E-state index contributed by atoms with van der Waals surface area (Å²) in [5.74, 6) is -0.362. The van der Waals surface area contributed by atoms with E-state index < -0.39 is 6.29 Å². The summed E-state index contributed by atoms with van der Waals surface area (Å²) in [6.45, 7) is 14.0. The van der Waals surface area contributed by atoms with Gasteiger partial charge in [0.2, 0.25) is 0 Å². The number of unbranched alkanes of at least 4 members (excludes halogenated alkanes) is 21. The third-order valence-corrected chi connectivity index (χ3v) is 12.1. The van der Waals surface area contributed by atoms with E-state index in [1.54, 1.807) is 0 Å². The number of carbonyl (C=O) groups excluding carboxylic acids is 3. The zero-order valence-electron chi connectivity index (χ0n) is 44.6. The van der Waals surface area contributed by atoms with E-state index in [4.69, 9.17) is 28.4 Å². The smallest absolute Gasteiger partial charge is 0.305 e. The van der Waals surface area contributed by atoms with Crippen molar-refractivity contribution in [1.29, 1.82) is 0 Å². The van der Waals surface area contributed by atoms with Crippen LogP contribution in [0.5, 0.6) is 0 Å². The van der Waals surface area contributed by atoms with Crippen molar-refractivity contribution in [2.75, 3.05) is 65.9 Å². The average Bonchev–Trinajstić information content (AvgIpc) is 3.34. The molecule has 0 heterocycles. The van der Waals surface area contributed by atoms with E-state index in [0.29, 0.717) is 52.1 Å². The molecular weight excluding hydrogens is 859 g/mol. The Kier molecular flexibility index (Phi) is 52.5. The standard InChI is InChI=1S/C57H107NO10/c1-5-9-13-17-22-30-39-53(60)51-68-57(66-50-37-28-20-16-12-8-4)52-67-54(61)40-31-23-25-33-44-58(45-38-46-59)43-32-24-21-29-34-47-63-55(62)41-42-56(64-48-35-26-18-14-10-6-2)65-49-36-27-19-15-11-7-3/h10-11,14-15,56-57,59H,5-9,12-13,16-52H2,1-4H3/b14-10-,15-11-. The SMILES string of the molecule is CC/C=C\CCCCOC(CCC(=O)OCCCCCCCN(CCCO)CCCCCCC(=O)OCC(OCCCCCCCC)OCC(=O)CCCCCCCC)OCCCC/C=C\CC. The molecule has 1 unspecified atom stereocenters. The molecule has 0 aromatic heterocycles. The molecule has 0 amide bonds. The van der Waals surface area contributed by atoms with E-state index in [1.165, 1.54) is 51.4 Å². The summed E-state index contributed by atoms with van der Waals surface area (Å²) in [5.41, 5.74) is 0. The van der Waals surface area contributed by atoms with Crippen molar-refractivity contribution in [2.45, 2.75) is 259 Å². The maximum Gasteiger partial charge on any atom is 0.305 e. The Bertz CT molecular complexity index is 1130. The summed E-state index contributed by atoms with van der Waals surface area (Å²) in [6.07, 6.45) is 41.4. The first-order valence-electron chi connectivity index (χ1n) is 28.3. The van der Waals surface area contributed by atoms with Gasteiger partial charge in [-0.1, -0.05) is 148 Å². The molecule has 0 saturated heterocycles. The Morgan fingerprint density at radius 2 is 0.897 bits per heavy atom. The highest BCUT2D eigenvalue weighted by atomic mass is 16.7. The van der Waals surface area contributed by atoms with Crippen molar-refractivity contribution in [3.63, 3.8) is 0 Å². The maximum atomic E-state index is 12.6. The number of hydrogen-bond donors (Lipinski definition) is 1. The second kappa shape index (κ2) is 54.2. The lowest BCUT2D eigenvalue weighted by Crippen LogP contribution is -2.28. The molecular formula is C57H107NO10. The van der Waals surface area contributed by atoms with E-state index in [9.17, 15) is 19.5 Å². The van der Waals surface area contributed by atoms with Gasteiger partial charge in [-0.3, -0.25) is 14.4 Å². The molecule has 0 spiro atoms. The largest absolute Gasteiger partial charge is 0.466 e. The highest BCUT2D eigenvalue weighted by Crippen LogP contribution is 2.14. The maximum absolute atomic E-state index is 12.6. The first-order chi connectivity index (χ1) is 33.4. The number of ether oxygens (including phenoxy) is 6. The molecule has 0 rings (SSSR count). The molecule has 0 fully saturated rings. The molecule has 0 aliphatic carbocycles. The van der Waals surface area contributed by atoms with Crippen LogP contribution in [0, 0.1) is 0 Å². The fourth-order valence-electron chi connectivity index (χ4n) is 7.83. The lowest BCUT2D eigenvalue weighted by atomic mass is 10.1. The Balaban J connectivity index is 4.38. The number of carbonyl (C=O) groups is 3. The third kappa shape index (κ3) is 48.9. The van der Waals surface area contributed by atoms with Gasteiger partial charge in [0, 0.05) is 52.2 Å². The van der Waals surface area contributed by atoms with Gasteiger partial charge in [0.25, 0.3) is 0 Å². The number of rotatable bonds is 55. The number of esters is 2. The van der Waals surface area contributed by atoms with Crippen LogP contribution in [0.25, 0.3) is 0 Å². The summed E-state index contributed by atoms with van der Waals surface area (Å²) in [7, 11) is 0. The van der Waals surface area contributed by atoms with E-state index in [0.717, 1.165) is 161 Å². The molecule has 11 nitrogen and oxygen atoms in total. The van der Waals surface area contributed by atoms with Crippen LogP contribution in [-0.2, 0) is 42.8 Å². The van der Waals surface area contributed by atoms with Gasteiger partial charge in [0.1, 0.15) is 13.2 Å². The van der Waals surface area contributed by atoms with Crippen LogP contribution in [0.3, 0.4) is 0 Å². The Morgan fingerprint density at radius 3 is 1.46 bits per heavy atom. The van der Waals surface area contributed by atoms with Crippen LogP contribution in [0.15, 0.2) is 24.3 Å². The lowest BCUT2D eigenvalue weighted by Gasteiger charge is -2.22. The van der Waals surface area contributed by atoms with Gasteiger partial charge < -0.3 is 38.4 Å². The Morgan fingerprint density at radius 1 is 0.441 bits per heavy atom.